The van der Waals surface area contributed by atoms with Gasteiger partial charge in [0.1, 0.15) is 0 Å². The van der Waals surface area contributed by atoms with Gasteiger partial charge in [-0.25, -0.2) is 0 Å². The summed E-state index contributed by atoms with van der Waals surface area (Å²) in [6.45, 7) is 0. The van der Waals surface area contributed by atoms with Gasteiger partial charge < -0.3 is 15.2 Å². The van der Waals surface area contributed by atoms with Crippen molar-refractivity contribution in [1.82, 2.24) is 4.98 Å². The molecule has 0 bridgehead atoms. The minimum Gasteiger partial charge on any atom is -0.504 e. The average molecular weight is 233 g/mol. The fraction of sp³-hybridized carbons (Fsp3) is 0.167. The van der Waals surface area contributed by atoms with Crippen molar-refractivity contribution in [3.63, 3.8) is 0 Å². The number of nitrogens with zero attached hydrogens (tertiary/aromatic N) is 2. The van der Waals surface area contributed by atoms with Crippen LogP contribution < -0.4 is 0 Å². The van der Waals surface area contributed by atoms with E-state index in [4.69, 9.17) is 5.11 Å². The molecule has 0 radical (unpaired) electrons. The molecule has 0 fully saturated rings. The fourth-order valence-corrected chi connectivity index (χ4v) is 1.17. The molecule has 0 spiro atoms. The summed E-state index contributed by atoms with van der Waals surface area (Å²) >= 11 is 3.06. The highest BCUT2D eigenvalue weighted by molar-refractivity contribution is 9.08. The number of hydrogen-bond acceptors (Lipinski definition) is 4. The molecule has 0 aliphatic rings. The van der Waals surface area contributed by atoms with Crippen molar-refractivity contribution < 1.29 is 10.0 Å². The smallest absolute Gasteiger partial charge is 0.367 e. The highest BCUT2D eigenvalue weighted by Gasteiger charge is 2.14. The van der Waals surface area contributed by atoms with Crippen LogP contribution in [0.4, 0.5) is 5.82 Å². The topological polar surface area (TPSA) is 76.3 Å². The number of nitro groups is 1. The third-order valence-corrected chi connectivity index (χ3v) is 1.85. The molecular weight excluding hydrogens is 228 g/mol. The number of pyridine rings is 1. The van der Waals surface area contributed by atoms with Crippen LogP contribution in [0.2, 0.25) is 0 Å². The van der Waals surface area contributed by atoms with Gasteiger partial charge in [-0.3, -0.25) is 0 Å². The summed E-state index contributed by atoms with van der Waals surface area (Å²) in [5.74, 6) is -0.306. The van der Waals surface area contributed by atoms with E-state index in [0.29, 0.717) is 10.9 Å². The number of aromatic nitrogens is 1. The zero-order valence-corrected chi connectivity index (χ0v) is 7.48. The summed E-state index contributed by atoms with van der Waals surface area (Å²) in [4.78, 5) is 13.2. The third-order valence-electron chi connectivity index (χ3n) is 1.25. The number of alkyl halides is 1. The third kappa shape index (κ3) is 1.70. The predicted molar refractivity (Wildman–Crippen MR) is 45.2 cm³/mol. The molecule has 0 aliphatic carbocycles. The van der Waals surface area contributed by atoms with Gasteiger partial charge in [0, 0.05) is 5.33 Å². The predicted octanol–water partition coefficient (Wildman–Crippen LogP) is 1.59. The summed E-state index contributed by atoms with van der Waals surface area (Å²) in [5, 5.41) is 19.6. The first-order valence-corrected chi connectivity index (χ1v) is 4.15. The van der Waals surface area contributed by atoms with Crippen molar-refractivity contribution in [2.24, 2.45) is 0 Å². The van der Waals surface area contributed by atoms with E-state index in [1.54, 1.807) is 0 Å². The van der Waals surface area contributed by atoms with E-state index in [2.05, 4.69) is 20.9 Å². The minimum atomic E-state index is -0.587. The Balaban J connectivity index is 3.20. The van der Waals surface area contributed by atoms with Crippen LogP contribution in [0, 0.1) is 10.1 Å². The largest absolute Gasteiger partial charge is 0.504 e. The molecule has 0 aliphatic heterocycles. The van der Waals surface area contributed by atoms with Gasteiger partial charge >= 0.3 is 5.82 Å². The molecular formula is C6H5BrN2O3. The molecule has 1 aromatic rings. The van der Waals surface area contributed by atoms with Gasteiger partial charge in [0.25, 0.3) is 0 Å². The Labute approximate surface area is 76.3 Å². The van der Waals surface area contributed by atoms with Gasteiger partial charge in [-0.1, -0.05) is 15.9 Å². The van der Waals surface area contributed by atoms with Crippen LogP contribution in [-0.2, 0) is 5.33 Å². The summed E-state index contributed by atoms with van der Waals surface area (Å²) in [5.41, 5.74) is 0.361. The first-order valence-electron chi connectivity index (χ1n) is 3.03. The first-order chi connectivity index (χ1) is 5.65. The molecule has 64 valence electrons. The van der Waals surface area contributed by atoms with E-state index in [1.165, 1.54) is 6.07 Å². The van der Waals surface area contributed by atoms with Crippen LogP contribution in [0.5, 0.6) is 5.75 Å². The first kappa shape index (κ1) is 8.92. The Morgan fingerprint density at radius 3 is 2.92 bits per heavy atom. The Kier molecular flexibility index (Phi) is 2.59. The molecule has 1 rings (SSSR count). The molecule has 0 saturated heterocycles. The zero-order chi connectivity index (χ0) is 9.14. The Hall–Kier alpha value is -1.17. The molecule has 0 amide bonds. The van der Waals surface area contributed by atoms with E-state index in [-0.39, 0.29) is 11.6 Å². The quantitative estimate of drug-likeness (QED) is 0.478. The molecule has 0 unspecified atom stereocenters. The SMILES string of the molecule is O=[N+]([O-])c1ncc(O)cc1CBr. The Bertz CT molecular complexity index is 316. The van der Waals surface area contributed by atoms with Gasteiger partial charge in [0.2, 0.25) is 0 Å². The lowest BCUT2D eigenvalue weighted by atomic mass is 10.3. The highest BCUT2D eigenvalue weighted by Crippen LogP contribution is 2.21. The molecule has 6 heteroatoms. The van der Waals surface area contributed by atoms with Crippen molar-refractivity contribution in [2.75, 3.05) is 0 Å². The lowest BCUT2D eigenvalue weighted by molar-refractivity contribution is -0.390. The fourth-order valence-electron chi connectivity index (χ4n) is 0.753. The number of hydrogen-bond donors (Lipinski definition) is 1. The van der Waals surface area contributed by atoms with E-state index in [0.717, 1.165) is 6.20 Å². The Morgan fingerprint density at radius 1 is 1.75 bits per heavy atom. The van der Waals surface area contributed by atoms with Crippen molar-refractivity contribution in [3.05, 3.63) is 27.9 Å². The van der Waals surface area contributed by atoms with E-state index in [1.807, 2.05) is 0 Å². The lowest BCUT2D eigenvalue weighted by Gasteiger charge is -1.97. The van der Waals surface area contributed by atoms with Crippen LogP contribution in [0.3, 0.4) is 0 Å². The summed E-state index contributed by atoms with van der Waals surface area (Å²) in [6, 6.07) is 1.31. The standard InChI is InChI=1S/C6H5BrN2O3/c7-2-4-1-5(10)3-8-6(4)9(11)12/h1,3,10H,2H2. The van der Waals surface area contributed by atoms with Crippen LogP contribution >= 0.6 is 15.9 Å². The van der Waals surface area contributed by atoms with Crippen LogP contribution in [0.1, 0.15) is 5.56 Å². The number of halogens is 1. The average Bonchev–Trinajstić information content (AvgIpc) is 2.03. The summed E-state index contributed by atoms with van der Waals surface area (Å²) in [7, 11) is 0. The molecule has 5 nitrogen and oxygen atoms in total. The van der Waals surface area contributed by atoms with Crippen LogP contribution in [-0.4, -0.2) is 15.0 Å². The number of aromatic hydroxyl groups is 1. The monoisotopic (exact) mass is 232 g/mol. The van der Waals surface area contributed by atoms with Gasteiger partial charge in [-0.2, -0.15) is 0 Å². The van der Waals surface area contributed by atoms with Crippen molar-refractivity contribution in [2.45, 2.75) is 5.33 Å². The van der Waals surface area contributed by atoms with Gasteiger partial charge in [-0.05, 0) is 16.0 Å². The summed E-state index contributed by atoms with van der Waals surface area (Å²) in [6.07, 6.45) is 1.05. The van der Waals surface area contributed by atoms with Crippen molar-refractivity contribution in [1.29, 1.82) is 0 Å². The number of rotatable bonds is 2. The normalized spacial score (nSPS) is 9.75. The molecule has 1 aromatic heterocycles. The van der Waals surface area contributed by atoms with Crippen molar-refractivity contribution >= 4 is 21.7 Å². The van der Waals surface area contributed by atoms with Crippen LogP contribution in [0.25, 0.3) is 0 Å². The molecule has 0 atom stereocenters. The van der Waals surface area contributed by atoms with E-state index < -0.39 is 4.92 Å². The maximum atomic E-state index is 10.3. The van der Waals surface area contributed by atoms with Gasteiger partial charge in [-0.15, -0.1) is 0 Å². The van der Waals surface area contributed by atoms with Crippen LogP contribution in [0.15, 0.2) is 12.3 Å². The summed E-state index contributed by atoms with van der Waals surface area (Å²) < 4.78 is 0. The maximum Gasteiger partial charge on any atom is 0.367 e. The Morgan fingerprint density at radius 2 is 2.42 bits per heavy atom. The minimum absolute atomic E-state index is 0.0740. The maximum absolute atomic E-state index is 10.3. The molecule has 1 heterocycles. The second-order valence-corrected chi connectivity index (χ2v) is 2.63. The molecule has 0 saturated carbocycles. The van der Waals surface area contributed by atoms with Gasteiger partial charge in [0.15, 0.2) is 11.9 Å². The van der Waals surface area contributed by atoms with Crippen molar-refractivity contribution in [3.8, 4) is 5.75 Å². The highest BCUT2D eigenvalue weighted by atomic mass is 79.9. The molecule has 12 heavy (non-hydrogen) atoms. The lowest BCUT2D eigenvalue weighted by Crippen LogP contribution is -1.95. The second-order valence-electron chi connectivity index (χ2n) is 2.07. The molecule has 0 aromatic carbocycles. The second kappa shape index (κ2) is 3.48. The molecule has 1 N–H and O–H groups in total. The van der Waals surface area contributed by atoms with Gasteiger partial charge in [0.05, 0.1) is 5.56 Å². The van der Waals surface area contributed by atoms with E-state index >= 15 is 0 Å². The van der Waals surface area contributed by atoms with E-state index in [9.17, 15) is 10.1 Å². The zero-order valence-electron chi connectivity index (χ0n) is 5.90.